The van der Waals surface area contributed by atoms with Gasteiger partial charge < -0.3 is 4.74 Å². The Hall–Kier alpha value is -0.940. The van der Waals surface area contributed by atoms with Crippen molar-refractivity contribution in [2.24, 2.45) is 0 Å². The second kappa shape index (κ2) is 7.18. The molecule has 5 heteroatoms. The van der Waals surface area contributed by atoms with Crippen molar-refractivity contribution in [3.8, 4) is 0 Å². The van der Waals surface area contributed by atoms with Gasteiger partial charge in [-0.15, -0.1) is 11.3 Å². The second-order valence-electron chi connectivity index (χ2n) is 5.73. The number of likely N-dealkylation sites (tertiary alicyclic amines) is 1. The number of carbonyl (C=O) groups is 1. The van der Waals surface area contributed by atoms with Crippen molar-refractivity contribution in [2.75, 3.05) is 13.7 Å². The second-order valence-corrected chi connectivity index (χ2v) is 6.62. The number of hydrogen-bond acceptors (Lipinski definition) is 5. The molecule has 1 fully saturated rings. The summed E-state index contributed by atoms with van der Waals surface area (Å²) in [7, 11) is 1.46. The number of ether oxygens (including phenoxy) is 1. The molecule has 0 amide bonds. The zero-order valence-corrected chi connectivity index (χ0v) is 13.4. The number of methoxy groups -OCH3 is 1. The highest BCUT2D eigenvalue weighted by Crippen LogP contribution is 2.24. The molecule has 2 rings (SSSR count). The van der Waals surface area contributed by atoms with E-state index in [0.717, 1.165) is 25.2 Å². The zero-order valence-electron chi connectivity index (χ0n) is 12.6. The van der Waals surface area contributed by atoms with E-state index in [-0.39, 0.29) is 5.97 Å². The Kier molecular flexibility index (Phi) is 5.54. The van der Waals surface area contributed by atoms with Crippen LogP contribution in [0.3, 0.4) is 0 Å². The molecule has 0 radical (unpaired) electrons. The minimum absolute atomic E-state index is 0.108. The molecule has 0 bridgehead atoms. The first-order chi connectivity index (χ1) is 9.60. The Balaban J connectivity index is 1.98. The molecule has 1 unspecified atom stereocenters. The average Bonchev–Trinajstić information content (AvgIpc) is 2.89. The largest absolute Gasteiger partial charge is 0.469 e. The molecule has 1 aliphatic rings. The molecule has 0 aliphatic carbocycles. The standard InChI is InChI=1S/C15H24N2O2S/c1-11(2)15-16-12(10-20-15)9-17-7-5-4-6-13(17)8-14(18)19-3/h10-11,13H,4-9H2,1-3H3. The van der Waals surface area contributed by atoms with Crippen LogP contribution in [-0.2, 0) is 16.1 Å². The van der Waals surface area contributed by atoms with Crippen LogP contribution in [0.15, 0.2) is 5.38 Å². The molecule has 1 aromatic heterocycles. The molecule has 20 heavy (non-hydrogen) atoms. The van der Waals surface area contributed by atoms with Gasteiger partial charge in [-0.3, -0.25) is 9.69 Å². The Morgan fingerprint density at radius 3 is 3.00 bits per heavy atom. The van der Waals surface area contributed by atoms with E-state index in [1.165, 1.54) is 25.0 Å². The fourth-order valence-corrected chi connectivity index (χ4v) is 3.47. The van der Waals surface area contributed by atoms with Crippen molar-refractivity contribution in [3.05, 3.63) is 16.1 Å². The molecule has 2 heterocycles. The lowest BCUT2D eigenvalue weighted by atomic mass is 9.99. The molecule has 0 aromatic carbocycles. The first kappa shape index (κ1) is 15.4. The Bertz CT molecular complexity index is 445. The maximum Gasteiger partial charge on any atom is 0.307 e. The molecule has 1 aromatic rings. The minimum atomic E-state index is -0.108. The Morgan fingerprint density at radius 2 is 2.35 bits per heavy atom. The maximum atomic E-state index is 11.5. The van der Waals surface area contributed by atoms with Crippen LogP contribution >= 0.6 is 11.3 Å². The van der Waals surface area contributed by atoms with Crippen LogP contribution in [0.4, 0.5) is 0 Å². The summed E-state index contributed by atoms with van der Waals surface area (Å²) < 4.78 is 4.81. The highest BCUT2D eigenvalue weighted by atomic mass is 32.1. The summed E-state index contributed by atoms with van der Waals surface area (Å²) in [6, 6.07) is 0.306. The molecule has 1 saturated heterocycles. The summed E-state index contributed by atoms with van der Waals surface area (Å²) in [4.78, 5) is 18.6. The van der Waals surface area contributed by atoms with Gasteiger partial charge in [0, 0.05) is 23.9 Å². The lowest BCUT2D eigenvalue weighted by Crippen LogP contribution is -2.40. The fraction of sp³-hybridized carbons (Fsp3) is 0.733. The lowest BCUT2D eigenvalue weighted by molar-refractivity contribution is -0.142. The van der Waals surface area contributed by atoms with E-state index in [0.29, 0.717) is 18.4 Å². The smallest absolute Gasteiger partial charge is 0.307 e. The van der Waals surface area contributed by atoms with Gasteiger partial charge in [0.2, 0.25) is 0 Å². The van der Waals surface area contributed by atoms with Crippen LogP contribution in [0.1, 0.15) is 56.2 Å². The summed E-state index contributed by atoms with van der Waals surface area (Å²) in [5, 5.41) is 3.35. The highest BCUT2D eigenvalue weighted by Gasteiger charge is 2.25. The Labute approximate surface area is 125 Å². The van der Waals surface area contributed by atoms with Crippen molar-refractivity contribution in [3.63, 3.8) is 0 Å². The van der Waals surface area contributed by atoms with Crippen LogP contribution in [0.5, 0.6) is 0 Å². The van der Waals surface area contributed by atoms with E-state index in [1.807, 2.05) is 0 Å². The first-order valence-electron chi connectivity index (χ1n) is 7.35. The molecule has 0 saturated carbocycles. The average molecular weight is 296 g/mol. The maximum absolute atomic E-state index is 11.5. The molecular weight excluding hydrogens is 272 g/mol. The summed E-state index contributed by atoms with van der Waals surface area (Å²) in [5.41, 5.74) is 1.13. The predicted octanol–water partition coefficient (Wildman–Crippen LogP) is 3.18. The van der Waals surface area contributed by atoms with Crippen LogP contribution < -0.4 is 0 Å². The molecular formula is C15H24N2O2S. The lowest BCUT2D eigenvalue weighted by Gasteiger charge is -2.34. The van der Waals surface area contributed by atoms with Crippen LogP contribution in [0.2, 0.25) is 0 Å². The zero-order chi connectivity index (χ0) is 14.5. The van der Waals surface area contributed by atoms with Gasteiger partial charge >= 0.3 is 5.97 Å². The van der Waals surface area contributed by atoms with Crippen molar-refractivity contribution in [1.29, 1.82) is 0 Å². The van der Waals surface area contributed by atoms with Gasteiger partial charge in [0.25, 0.3) is 0 Å². The number of aromatic nitrogens is 1. The van der Waals surface area contributed by atoms with Crippen molar-refractivity contribution in [1.82, 2.24) is 9.88 Å². The summed E-state index contributed by atoms with van der Waals surface area (Å²) in [6.45, 7) is 6.24. The molecule has 0 N–H and O–H groups in total. The highest BCUT2D eigenvalue weighted by molar-refractivity contribution is 7.09. The van der Waals surface area contributed by atoms with E-state index in [2.05, 4.69) is 24.1 Å². The van der Waals surface area contributed by atoms with Crippen molar-refractivity contribution < 1.29 is 9.53 Å². The first-order valence-corrected chi connectivity index (χ1v) is 8.23. The van der Waals surface area contributed by atoms with E-state index < -0.39 is 0 Å². The number of carbonyl (C=O) groups excluding carboxylic acids is 1. The van der Waals surface area contributed by atoms with Crippen molar-refractivity contribution >= 4 is 17.3 Å². The summed E-state index contributed by atoms with van der Waals surface area (Å²) in [6.07, 6.45) is 3.99. The number of thiazole rings is 1. The quantitative estimate of drug-likeness (QED) is 0.783. The fourth-order valence-electron chi connectivity index (χ4n) is 2.64. The SMILES string of the molecule is COC(=O)CC1CCCCN1Cc1csc(C(C)C)n1. The number of rotatable bonds is 5. The van der Waals surface area contributed by atoms with Crippen LogP contribution in [0.25, 0.3) is 0 Å². The van der Waals surface area contributed by atoms with Gasteiger partial charge in [0.1, 0.15) is 0 Å². The van der Waals surface area contributed by atoms with Gasteiger partial charge in [-0.05, 0) is 19.4 Å². The van der Waals surface area contributed by atoms with Crippen LogP contribution in [0, 0.1) is 0 Å². The summed E-state index contributed by atoms with van der Waals surface area (Å²) in [5.74, 6) is 0.379. The number of piperidine rings is 1. The normalized spacial score (nSPS) is 20.3. The third-order valence-corrected chi connectivity index (χ3v) is 5.00. The van der Waals surface area contributed by atoms with Gasteiger partial charge in [0.15, 0.2) is 0 Å². The van der Waals surface area contributed by atoms with Gasteiger partial charge in [0.05, 0.1) is 24.2 Å². The predicted molar refractivity (Wildman–Crippen MR) is 80.9 cm³/mol. The monoisotopic (exact) mass is 296 g/mol. The number of nitrogens with zero attached hydrogens (tertiary/aromatic N) is 2. The third kappa shape index (κ3) is 4.03. The van der Waals surface area contributed by atoms with E-state index in [9.17, 15) is 4.79 Å². The summed E-state index contributed by atoms with van der Waals surface area (Å²) >= 11 is 1.74. The van der Waals surface area contributed by atoms with E-state index >= 15 is 0 Å². The van der Waals surface area contributed by atoms with Gasteiger partial charge in [-0.25, -0.2) is 4.98 Å². The van der Waals surface area contributed by atoms with Crippen molar-refractivity contribution in [2.45, 2.75) is 58.0 Å². The topological polar surface area (TPSA) is 42.4 Å². The molecule has 1 atom stereocenters. The van der Waals surface area contributed by atoms with E-state index in [1.54, 1.807) is 11.3 Å². The third-order valence-electron chi connectivity index (χ3n) is 3.81. The molecule has 0 spiro atoms. The number of hydrogen-bond donors (Lipinski definition) is 0. The number of esters is 1. The molecule has 4 nitrogen and oxygen atoms in total. The van der Waals surface area contributed by atoms with E-state index in [4.69, 9.17) is 9.72 Å². The van der Waals surface area contributed by atoms with Crippen LogP contribution in [-0.4, -0.2) is 35.5 Å². The molecule has 1 aliphatic heterocycles. The molecule has 112 valence electrons. The minimum Gasteiger partial charge on any atom is -0.469 e. The van der Waals surface area contributed by atoms with Gasteiger partial charge in [-0.2, -0.15) is 0 Å². The Morgan fingerprint density at radius 1 is 1.55 bits per heavy atom. The van der Waals surface area contributed by atoms with Gasteiger partial charge in [-0.1, -0.05) is 20.3 Å².